The lowest BCUT2D eigenvalue weighted by Gasteiger charge is -2.19. The van der Waals surface area contributed by atoms with Crippen molar-refractivity contribution in [2.24, 2.45) is 0 Å². The molecule has 0 aliphatic carbocycles. The van der Waals surface area contributed by atoms with Gasteiger partial charge in [0, 0.05) is 30.0 Å². The van der Waals surface area contributed by atoms with Crippen molar-refractivity contribution in [1.29, 1.82) is 0 Å². The molecule has 0 radical (unpaired) electrons. The van der Waals surface area contributed by atoms with Crippen LogP contribution in [0.1, 0.15) is 30.9 Å². The van der Waals surface area contributed by atoms with Crippen LogP contribution in [0.4, 0.5) is 5.69 Å². The number of rotatable bonds is 3. The number of hydrogen-bond donors (Lipinski definition) is 0. The Kier molecular flexibility index (Phi) is 3.83. The Bertz CT molecular complexity index is 1140. The second-order valence-corrected chi connectivity index (χ2v) is 7.81. The standard InChI is InChI=1S/C23H21N2S/c1-2-12-25-21(16-6-4-3-5-7-16)11-9-18-19-14-20-23(26-15-24-20)13-17(19)8-10-22(18)25/h3-8,10,13-15H,2,9,11-12H2,1H3/q+1. The minimum absolute atomic E-state index is 1.06. The third-order valence-electron chi connectivity index (χ3n) is 5.34. The van der Waals surface area contributed by atoms with Gasteiger partial charge in [0.25, 0.3) is 0 Å². The van der Waals surface area contributed by atoms with Crippen molar-refractivity contribution in [1.82, 2.24) is 4.98 Å². The normalized spacial score (nSPS) is 14.2. The molecule has 128 valence electrons. The highest BCUT2D eigenvalue weighted by Gasteiger charge is 2.28. The molecule has 0 fully saturated rings. The number of benzene rings is 3. The summed E-state index contributed by atoms with van der Waals surface area (Å²) in [6.45, 7) is 3.32. The third kappa shape index (κ3) is 2.46. The van der Waals surface area contributed by atoms with Gasteiger partial charge in [0.05, 0.1) is 15.7 Å². The van der Waals surface area contributed by atoms with E-state index in [1.807, 2.05) is 5.51 Å². The second kappa shape index (κ2) is 6.33. The molecular weight excluding hydrogens is 336 g/mol. The van der Waals surface area contributed by atoms with Gasteiger partial charge < -0.3 is 0 Å². The van der Waals surface area contributed by atoms with E-state index in [4.69, 9.17) is 0 Å². The third-order valence-corrected chi connectivity index (χ3v) is 6.13. The first-order chi connectivity index (χ1) is 12.8. The highest BCUT2D eigenvalue weighted by molar-refractivity contribution is 7.16. The molecule has 26 heavy (non-hydrogen) atoms. The average molecular weight is 358 g/mol. The first kappa shape index (κ1) is 15.7. The van der Waals surface area contributed by atoms with E-state index in [-0.39, 0.29) is 0 Å². The van der Waals surface area contributed by atoms with Gasteiger partial charge in [-0.3, -0.25) is 0 Å². The Hall–Kier alpha value is -2.52. The highest BCUT2D eigenvalue weighted by Crippen LogP contribution is 2.36. The number of nitrogens with zero attached hydrogens (tertiary/aromatic N) is 2. The van der Waals surface area contributed by atoms with Crippen molar-refractivity contribution in [2.45, 2.75) is 26.2 Å². The first-order valence-corrected chi connectivity index (χ1v) is 10.2. The van der Waals surface area contributed by atoms with E-state index in [0.29, 0.717) is 0 Å². The molecule has 0 saturated carbocycles. The number of hydrogen-bond acceptors (Lipinski definition) is 2. The molecule has 0 N–H and O–H groups in total. The van der Waals surface area contributed by atoms with Gasteiger partial charge in [-0.2, -0.15) is 4.58 Å². The Balaban J connectivity index is 1.77. The molecule has 2 heterocycles. The summed E-state index contributed by atoms with van der Waals surface area (Å²) in [5.41, 5.74) is 8.72. The lowest BCUT2D eigenvalue weighted by Crippen LogP contribution is -2.25. The van der Waals surface area contributed by atoms with Crippen molar-refractivity contribution >= 4 is 43.7 Å². The number of fused-ring (bicyclic) bond motifs is 4. The Morgan fingerprint density at radius 1 is 1.04 bits per heavy atom. The fourth-order valence-electron chi connectivity index (χ4n) is 4.17. The lowest BCUT2D eigenvalue weighted by molar-refractivity contribution is -0.443. The summed E-state index contributed by atoms with van der Waals surface area (Å²) in [4.78, 5) is 4.54. The fourth-order valence-corrected chi connectivity index (χ4v) is 4.88. The topological polar surface area (TPSA) is 15.9 Å². The van der Waals surface area contributed by atoms with Crippen LogP contribution < -0.4 is 0 Å². The molecule has 0 bridgehead atoms. The second-order valence-electron chi connectivity index (χ2n) is 6.92. The summed E-state index contributed by atoms with van der Waals surface area (Å²) in [7, 11) is 0. The molecule has 4 aromatic rings. The zero-order chi connectivity index (χ0) is 17.5. The molecule has 1 aromatic heterocycles. The van der Waals surface area contributed by atoms with Crippen LogP contribution in [0.3, 0.4) is 0 Å². The molecule has 3 aromatic carbocycles. The predicted octanol–water partition coefficient (Wildman–Crippen LogP) is 5.94. The number of thiazole rings is 1. The van der Waals surface area contributed by atoms with E-state index < -0.39 is 0 Å². The number of aryl methyl sites for hydroxylation is 1. The summed E-state index contributed by atoms with van der Waals surface area (Å²) in [6.07, 6.45) is 3.32. The molecule has 3 heteroatoms. The van der Waals surface area contributed by atoms with Crippen molar-refractivity contribution in [3.8, 4) is 0 Å². The summed E-state index contributed by atoms with van der Waals surface area (Å²) in [5.74, 6) is 0. The van der Waals surface area contributed by atoms with Gasteiger partial charge in [0.15, 0.2) is 5.71 Å². The minimum atomic E-state index is 1.06. The van der Waals surface area contributed by atoms with E-state index >= 15 is 0 Å². The van der Waals surface area contributed by atoms with Gasteiger partial charge in [-0.05, 0) is 47.5 Å². The van der Waals surface area contributed by atoms with E-state index in [1.165, 1.54) is 38.0 Å². The van der Waals surface area contributed by atoms with Crippen LogP contribution >= 0.6 is 11.3 Å². The van der Waals surface area contributed by atoms with Crippen LogP contribution in [-0.4, -0.2) is 21.8 Å². The van der Waals surface area contributed by atoms with Gasteiger partial charge in [-0.25, -0.2) is 4.98 Å². The molecule has 0 spiro atoms. The quantitative estimate of drug-likeness (QED) is 0.414. The van der Waals surface area contributed by atoms with Crippen LogP contribution in [0.25, 0.3) is 21.0 Å². The molecule has 1 aliphatic rings. The highest BCUT2D eigenvalue weighted by atomic mass is 32.1. The zero-order valence-electron chi connectivity index (χ0n) is 14.9. The Labute approximate surface area is 157 Å². The summed E-state index contributed by atoms with van der Waals surface area (Å²) < 4.78 is 3.81. The fraction of sp³-hybridized carbons (Fsp3) is 0.217. The Morgan fingerprint density at radius 2 is 1.92 bits per heavy atom. The van der Waals surface area contributed by atoms with Crippen LogP contribution in [0.15, 0.2) is 60.1 Å². The van der Waals surface area contributed by atoms with Crippen LogP contribution in [0, 0.1) is 0 Å². The van der Waals surface area contributed by atoms with Crippen LogP contribution in [0.2, 0.25) is 0 Å². The van der Waals surface area contributed by atoms with Gasteiger partial charge in [0.1, 0.15) is 6.54 Å². The average Bonchev–Trinajstić information content (AvgIpc) is 3.14. The summed E-state index contributed by atoms with van der Waals surface area (Å²) >= 11 is 1.72. The largest absolute Gasteiger partial charge is 0.245 e. The van der Waals surface area contributed by atoms with Gasteiger partial charge >= 0.3 is 0 Å². The van der Waals surface area contributed by atoms with E-state index in [2.05, 4.69) is 71.1 Å². The molecule has 2 nitrogen and oxygen atoms in total. The van der Waals surface area contributed by atoms with Gasteiger partial charge in [-0.1, -0.05) is 25.1 Å². The SMILES string of the molecule is CCC[N+]1=C(c2ccccc2)CCc2c1ccc1cc3scnc3cc21. The Morgan fingerprint density at radius 3 is 2.77 bits per heavy atom. The number of aromatic nitrogens is 1. The van der Waals surface area contributed by atoms with E-state index in [0.717, 1.165) is 31.3 Å². The van der Waals surface area contributed by atoms with Crippen molar-refractivity contribution < 1.29 is 4.58 Å². The summed E-state index contributed by atoms with van der Waals surface area (Å²) in [6, 6.07) is 20.0. The first-order valence-electron chi connectivity index (χ1n) is 9.33. The zero-order valence-corrected chi connectivity index (χ0v) is 15.7. The molecule has 5 rings (SSSR count). The molecule has 0 amide bonds. The van der Waals surface area contributed by atoms with Gasteiger partial charge in [-0.15, -0.1) is 11.3 Å². The minimum Gasteiger partial charge on any atom is -0.245 e. The smallest absolute Gasteiger partial charge is 0.209 e. The maximum absolute atomic E-state index is 4.54. The summed E-state index contributed by atoms with van der Waals surface area (Å²) in [5, 5.41) is 2.70. The molecule has 0 saturated heterocycles. The van der Waals surface area contributed by atoms with Crippen LogP contribution in [-0.2, 0) is 6.42 Å². The van der Waals surface area contributed by atoms with E-state index in [1.54, 1.807) is 11.3 Å². The van der Waals surface area contributed by atoms with Crippen molar-refractivity contribution in [3.63, 3.8) is 0 Å². The monoisotopic (exact) mass is 357 g/mol. The molecular formula is C23H21N2S+. The van der Waals surface area contributed by atoms with Crippen molar-refractivity contribution in [2.75, 3.05) is 6.54 Å². The molecule has 0 unspecified atom stereocenters. The van der Waals surface area contributed by atoms with Crippen molar-refractivity contribution in [3.05, 3.63) is 71.2 Å². The maximum atomic E-state index is 4.54. The molecule has 1 aliphatic heterocycles. The van der Waals surface area contributed by atoms with Crippen LogP contribution in [0.5, 0.6) is 0 Å². The predicted molar refractivity (Wildman–Crippen MR) is 111 cm³/mol. The van der Waals surface area contributed by atoms with Gasteiger partial charge in [0.2, 0.25) is 5.69 Å². The lowest BCUT2D eigenvalue weighted by atomic mass is 9.92. The van der Waals surface area contributed by atoms with E-state index in [9.17, 15) is 0 Å². The molecule has 0 atom stereocenters. The maximum Gasteiger partial charge on any atom is 0.209 e.